The van der Waals surface area contributed by atoms with Crippen molar-refractivity contribution >= 4 is 22.0 Å². The third-order valence-corrected chi connectivity index (χ3v) is 23.2. The standard InChI is InChI=1S/C15H21.3C4H9.Sn/c1-2-6-13-9-11-15(12-10-13)14-7-4-3-5-8-14;3*1-3-4-2;/h4-5,7-8,13,15H,2,6,9-12H2,1H3;3*1,3-4H2,2H3;/t13-,15-;;;;. The van der Waals surface area contributed by atoms with Gasteiger partial charge in [0.05, 0.1) is 0 Å². The summed E-state index contributed by atoms with van der Waals surface area (Å²) in [4.78, 5) is 0. The molecule has 1 aliphatic rings. The zero-order valence-electron chi connectivity index (χ0n) is 19.6. The number of hydrogen-bond donors (Lipinski definition) is 0. The van der Waals surface area contributed by atoms with Crippen molar-refractivity contribution < 1.29 is 0 Å². The quantitative estimate of drug-likeness (QED) is 0.242. The third kappa shape index (κ3) is 7.06. The molecule has 0 aliphatic heterocycles. The number of unbranched alkanes of at least 4 members (excludes halogenated alkanes) is 3. The summed E-state index contributed by atoms with van der Waals surface area (Å²) in [5.41, 5.74) is 1.65. The fourth-order valence-electron chi connectivity index (χ4n) is 5.66. The van der Waals surface area contributed by atoms with Gasteiger partial charge in [0.25, 0.3) is 0 Å². The Morgan fingerprint density at radius 1 is 0.679 bits per heavy atom. The Morgan fingerprint density at radius 3 is 1.61 bits per heavy atom. The molecule has 1 fully saturated rings. The van der Waals surface area contributed by atoms with Crippen molar-refractivity contribution in [3.8, 4) is 0 Å². The van der Waals surface area contributed by atoms with Gasteiger partial charge in [0.15, 0.2) is 0 Å². The van der Waals surface area contributed by atoms with Crippen molar-refractivity contribution in [2.75, 3.05) is 0 Å². The van der Waals surface area contributed by atoms with Crippen LogP contribution in [0.25, 0.3) is 0 Å². The zero-order chi connectivity index (χ0) is 20.2. The van der Waals surface area contributed by atoms with Crippen LogP contribution in [0.4, 0.5) is 0 Å². The van der Waals surface area contributed by atoms with Gasteiger partial charge < -0.3 is 0 Å². The topological polar surface area (TPSA) is 0 Å². The third-order valence-electron chi connectivity index (χ3n) is 7.56. The first-order chi connectivity index (χ1) is 13.7. The van der Waals surface area contributed by atoms with E-state index in [1.165, 1.54) is 77.0 Å². The van der Waals surface area contributed by atoms with E-state index < -0.39 is 18.4 Å². The van der Waals surface area contributed by atoms with E-state index in [1.807, 2.05) is 3.58 Å². The number of hydrogen-bond acceptors (Lipinski definition) is 0. The minimum absolute atomic E-state index is 0.841. The monoisotopic (exact) mass is 492 g/mol. The summed E-state index contributed by atoms with van der Waals surface area (Å²) in [5.74, 6) is 1.86. The predicted octanol–water partition coefficient (Wildman–Crippen LogP) is 8.82. The van der Waals surface area contributed by atoms with Crippen LogP contribution in [0.5, 0.6) is 0 Å². The van der Waals surface area contributed by atoms with Gasteiger partial charge in [-0.2, -0.15) is 0 Å². The molecule has 0 unspecified atom stereocenters. The van der Waals surface area contributed by atoms with E-state index in [9.17, 15) is 0 Å². The second-order valence-electron chi connectivity index (χ2n) is 9.72. The van der Waals surface area contributed by atoms with Gasteiger partial charge in [0.2, 0.25) is 0 Å². The van der Waals surface area contributed by atoms with E-state index in [-0.39, 0.29) is 0 Å². The summed E-state index contributed by atoms with van der Waals surface area (Å²) < 4.78 is 6.62. The second kappa shape index (κ2) is 13.3. The molecule has 1 aliphatic carbocycles. The summed E-state index contributed by atoms with van der Waals surface area (Å²) in [6.45, 7) is 9.50. The molecule has 0 bridgehead atoms. The summed E-state index contributed by atoms with van der Waals surface area (Å²) in [5, 5.41) is 0. The normalized spacial score (nSPS) is 20.4. The maximum absolute atomic E-state index is 2.63. The first-order valence-corrected chi connectivity index (χ1v) is 20.3. The Labute approximate surface area is 181 Å². The fourth-order valence-corrected chi connectivity index (χ4v) is 21.6. The zero-order valence-corrected chi connectivity index (χ0v) is 22.4. The molecule has 2 rings (SSSR count). The first kappa shape index (κ1) is 24.3. The molecule has 1 aromatic carbocycles. The van der Waals surface area contributed by atoms with Gasteiger partial charge in [-0.15, -0.1) is 0 Å². The van der Waals surface area contributed by atoms with Crippen LogP contribution >= 0.6 is 0 Å². The molecule has 0 spiro atoms. The Kier molecular flexibility index (Phi) is 11.6. The molecule has 0 amide bonds. The van der Waals surface area contributed by atoms with E-state index in [0.29, 0.717) is 0 Å². The second-order valence-corrected chi connectivity index (χ2v) is 23.0. The van der Waals surface area contributed by atoms with Crippen molar-refractivity contribution in [3.63, 3.8) is 0 Å². The van der Waals surface area contributed by atoms with Crippen LogP contribution in [-0.2, 0) is 0 Å². The Balaban J connectivity index is 2.12. The van der Waals surface area contributed by atoms with Crippen LogP contribution in [0.15, 0.2) is 24.3 Å². The van der Waals surface area contributed by atoms with E-state index >= 15 is 0 Å². The molecule has 0 nitrogen and oxygen atoms in total. The average Bonchev–Trinajstić information content (AvgIpc) is 2.74. The molecular formula is C27H48Sn. The molecule has 1 saturated carbocycles. The molecule has 0 radical (unpaired) electrons. The summed E-state index contributed by atoms with van der Waals surface area (Å²) in [6, 6.07) is 10.4. The average molecular weight is 491 g/mol. The van der Waals surface area contributed by atoms with Gasteiger partial charge in [-0.1, -0.05) is 0 Å². The van der Waals surface area contributed by atoms with Crippen LogP contribution < -0.4 is 3.58 Å². The van der Waals surface area contributed by atoms with Crippen LogP contribution in [0, 0.1) is 5.92 Å². The first-order valence-electron chi connectivity index (χ1n) is 12.8. The van der Waals surface area contributed by atoms with E-state index in [0.717, 1.165) is 11.8 Å². The summed E-state index contributed by atoms with van der Waals surface area (Å²) in [6.07, 6.45) is 17.1. The molecule has 1 aromatic rings. The SMILES string of the molecule is CCC[CH2][Sn]([CH2]CCC)([CH2]CCC)[c]1ccc([C@H]2CC[C@H](CCC)CC2)cc1. The van der Waals surface area contributed by atoms with Crippen molar-refractivity contribution in [1.82, 2.24) is 0 Å². The van der Waals surface area contributed by atoms with Crippen LogP contribution in [-0.4, -0.2) is 18.4 Å². The molecule has 0 heterocycles. The molecule has 0 aromatic heterocycles. The van der Waals surface area contributed by atoms with E-state index in [1.54, 1.807) is 18.9 Å². The molecular weight excluding hydrogens is 443 g/mol. The van der Waals surface area contributed by atoms with Gasteiger partial charge >= 0.3 is 182 Å². The summed E-state index contributed by atoms with van der Waals surface area (Å²) >= 11 is -2.23. The number of rotatable bonds is 13. The van der Waals surface area contributed by atoms with Crippen molar-refractivity contribution in [2.45, 2.75) is 124 Å². The number of benzene rings is 1. The van der Waals surface area contributed by atoms with E-state index in [4.69, 9.17) is 0 Å². The van der Waals surface area contributed by atoms with Crippen LogP contribution in [0.2, 0.25) is 13.3 Å². The van der Waals surface area contributed by atoms with Gasteiger partial charge in [-0.25, -0.2) is 0 Å². The molecule has 160 valence electrons. The Morgan fingerprint density at radius 2 is 1.18 bits per heavy atom. The fraction of sp³-hybridized carbons (Fsp3) is 0.778. The van der Waals surface area contributed by atoms with Crippen LogP contribution in [0.1, 0.15) is 116 Å². The maximum atomic E-state index is 2.63. The minimum atomic E-state index is -2.23. The van der Waals surface area contributed by atoms with E-state index in [2.05, 4.69) is 52.0 Å². The van der Waals surface area contributed by atoms with Crippen molar-refractivity contribution in [1.29, 1.82) is 0 Å². The van der Waals surface area contributed by atoms with Gasteiger partial charge in [0.1, 0.15) is 0 Å². The van der Waals surface area contributed by atoms with Gasteiger partial charge in [0, 0.05) is 0 Å². The summed E-state index contributed by atoms with van der Waals surface area (Å²) in [7, 11) is 0. The van der Waals surface area contributed by atoms with Crippen molar-refractivity contribution in [2.24, 2.45) is 5.92 Å². The van der Waals surface area contributed by atoms with Crippen LogP contribution in [0.3, 0.4) is 0 Å². The Bertz CT molecular complexity index is 488. The predicted molar refractivity (Wildman–Crippen MR) is 131 cm³/mol. The van der Waals surface area contributed by atoms with Crippen molar-refractivity contribution in [3.05, 3.63) is 29.8 Å². The Hall–Kier alpha value is 0.0187. The molecule has 0 N–H and O–H groups in total. The van der Waals surface area contributed by atoms with Gasteiger partial charge in [-0.05, 0) is 0 Å². The molecule has 0 saturated heterocycles. The molecule has 1 heteroatoms. The molecule has 0 atom stereocenters. The molecule has 28 heavy (non-hydrogen) atoms. The van der Waals surface area contributed by atoms with Gasteiger partial charge in [-0.3, -0.25) is 0 Å².